The predicted octanol–water partition coefficient (Wildman–Crippen LogP) is 3.12. The lowest BCUT2D eigenvalue weighted by atomic mass is 10.2. The number of hydrogen-bond acceptors (Lipinski definition) is 3. The molecule has 0 aliphatic rings. The van der Waals surface area contributed by atoms with Crippen LogP contribution in [0, 0.1) is 0 Å². The van der Waals surface area contributed by atoms with Gasteiger partial charge in [-0.2, -0.15) is 0 Å². The third-order valence-corrected chi connectivity index (χ3v) is 1.40. The maximum atomic E-state index is 4.10. The van der Waals surface area contributed by atoms with Gasteiger partial charge in [-0.25, -0.2) is 9.97 Å². The molecule has 80 valence electrons. The lowest BCUT2D eigenvalue weighted by molar-refractivity contribution is 1.12. The summed E-state index contributed by atoms with van der Waals surface area (Å²) in [7, 11) is 0. The Morgan fingerprint density at radius 2 is 1.93 bits per heavy atom. The molecule has 3 nitrogen and oxygen atoms in total. The van der Waals surface area contributed by atoms with E-state index in [-0.39, 0.29) is 0 Å². The molecule has 0 atom stereocenters. The number of aliphatic imine (C=N–C) groups is 1. The molecule has 0 N–H and O–H groups in total. The minimum Gasteiger partial charge on any atom is -0.272 e. The van der Waals surface area contributed by atoms with Gasteiger partial charge in [0.1, 0.15) is 0 Å². The Balaban J connectivity index is 0.000000921. The molecular formula is C12H17N3. The first-order valence-electron chi connectivity index (χ1n) is 4.94. The number of nitrogens with zero attached hydrogens (tertiary/aromatic N) is 3. The number of aromatic nitrogens is 2. The molecule has 0 amide bonds. The second-order valence-electron chi connectivity index (χ2n) is 2.34. The van der Waals surface area contributed by atoms with Gasteiger partial charge in [-0.3, -0.25) is 4.99 Å². The Hall–Kier alpha value is -1.77. The highest BCUT2D eigenvalue weighted by atomic mass is 14.9. The maximum Gasteiger partial charge on any atom is 0.160 e. The molecule has 1 heterocycles. The van der Waals surface area contributed by atoms with Crippen LogP contribution < -0.4 is 0 Å². The third kappa shape index (κ3) is 4.86. The first-order chi connectivity index (χ1) is 7.38. The zero-order chi connectivity index (χ0) is 11.5. The summed E-state index contributed by atoms with van der Waals surface area (Å²) in [5.74, 6) is 0.660. The van der Waals surface area contributed by atoms with Crippen molar-refractivity contribution in [1.82, 2.24) is 9.97 Å². The minimum atomic E-state index is 0.660. The van der Waals surface area contributed by atoms with Crippen molar-refractivity contribution in [2.75, 3.05) is 0 Å². The Bertz CT molecular complexity index is 326. The molecule has 1 aromatic heterocycles. The van der Waals surface area contributed by atoms with E-state index in [1.807, 2.05) is 32.9 Å². The second kappa shape index (κ2) is 8.81. The van der Waals surface area contributed by atoms with Gasteiger partial charge in [-0.15, -0.1) is 0 Å². The molecule has 0 unspecified atom stereocenters. The lowest BCUT2D eigenvalue weighted by Crippen LogP contribution is -1.89. The fourth-order valence-electron chi connectivity index (χ4n) is 0.901. The van der Waals surface area contributed by atoms with E-state index in [9.17, 15) is 0 Å². The van der Waals surface area contributed by atoms with Gasteiger partial charge in [0.2, 0.25) is 0 Å². The second-order valence-corrected chi connectivity index (χ2v) is 2.34. The highest BCUT2D eigenvalue weighted by molar-refractivity contribution is 5.69. The van der Waals surface area contributed by atoms with Crippen LogP contribution in [-0.4, -0.2) is 16.7 Å². The van der Waals surface area contributed by atoms with Gasteiger partial charge in [0, 0.05) is 24.2 Å². The molecule has 0 bridgehead atoms. The molecule has 0 radical (unpaired) electrons. The summed E-state index contributed by atoms with van der Waals surface area (Å²) in [6.45, 7) is 9.32. The van der Waals surface area contributed by atoms with Gasteiger partial charge in [-0.05, 0) is 19.7 Å². The number of allylic oxidation sites excluding steroid dienone is 3. The van der Waals surface area contributed by atoms with Gasteiger partial charge < -0.3 is 0 Å². The molecule has 3 heteroatoms. The molecule has 0 spiro atoms. The standard InChI is InChI=1S/C10H11N3.C2H6/c1-3-5-9(8-11-2)10-12-6-4-7-13-10;1-2/h3-8H,2H2,1H3;1-2H3/b5-3-,9-8+;. The minimum absolute atomic E-state index is 0.660. The van der Waals surface area contributed by atoms with Gasteiger partial charge in [0.15, 0.2) is 5.82 Å². The van der Waals surface area contributed by atoms with E-state index >= 15 is 0 Å². The average Bonchev–Trinajstić information content (AvgIpc) is 2.33. The monoisotopic (exact) mass is 203 g/mol. The normalized spacial score (nSPS) is 10.7. The largest absolute Gasteiger partial charge is 0.272 e. The topological polar surface area (TPSA) is 38.1 Å². The van der Waals surface area contributed by atoms with Crippen LogP contribution in [0.25, 0.3) is 5.57 Å². The highest BCUT2D eigenvalue weighted by Crippen LogP contribution is 2.09. The molecule has 0 saturated heterocycles. The smallest absolute Gasteiger partial charge is 0.160 e. The van der Waals surface area contributed by atoms with Crippen LogP contribution in [0.5, 0.6) is 0 Å². The summed E-state index contributed by atoms with van der Waals surface area (Å²) >= 11 is 0. The van der Waals surface area contributed by atoms with E-state index < -0.39 is 0 Å². The Morgan fingerprint density at radius 3 is 2.40 bits per heavy atom. The van der Waals surface area contributed by atoms with Crippen molar-refractivity contribution in [3.63, 3.8) is 0 Å². The maximum absolute atomic E-state index is 4.10. The van der Waals surface area contributed by atoms with Crippen LogP contribution in [0.3, 0.4) is 0 Å². The van der Waals surface area contributed by atoms with Crippen molar-refractivity contribution in [2.45, 2.75) is 20.8 Å². The first-order valence-corrected chi connectivity index (χ1v) is 4.94. The first kappa shape index (κ1) is 13.2. The van der Waals surface area contributed by atoms with Crippen molar-refractivity contribution in [3.05, 3.63) is 42.6 Å². The quantitative estimate of drug-likeness (QED) is 0.559. The predicted molar refractivity (Wildman–Crippen MR) is 65.7 cm³/mol. The van der Waals surface area contributed by atoms with Gasteiger partial charge in [-0.1, -0.05) is 26.0 Å². The van der Waals surface area contributed by atoms with E-state index in [2.05, 4.69) is 21.7 Å². The summed E-state index contributed by atoms with van der Waals surface area (Å²) in [4.78, 5) is 11.9. The SMILES string of the molecule is C=N/C=C(\C=C/C)c1ncccn1.CC. The van der Waals surface area contributed by atoms with Crippen LogP contribution >= 0.6 is 0 Å². The Labute approximate surface area is 91.3 Å². The zero-order valence-electron chi connectivity index (χ0n) is 9.51. The van der Waals surface area contributed by atoms with Crippen molar-refractivity contribution >= 4 is 12.3 Å². The van der Waals surface area contributed by atoms with E-state index in [4.69, 9.17) is 0 Å². The average molecular weight is 203 g/mol. The number of rotatable bonds is 3. The summed E-state index contributed by atoms with van der Waals surface area (Å²) in [5.41, 5.74) is 0.859. The fraction of sp³-hybridized carbons (Fsp3) is 0.250. The molecule has 0 aliphatic heterocycles. The molecular weight excluding hydrogens is 186 g/mol. The molecule has 0 fully saturated rings. The van der Waals surface area contributed by atoms with Crippen LogP contribution in [0.15, 0.2) is 41.8 Å². The van der Waals surface area contributed by atoms with Gasteiger partial charge in [0.25, 0.3) is 0 Å². The fourth-order valence-corrected chi connectivity index (χ4v) is 0.901. The molecule has 1 rings (SSSR count). The molecule has 0 saturated carbocycles. The van der Waals surface area contributed by atoms with Crippen molar-refractivity contribution in [2.24, 2.45) is 4.99 Å². The third-order valence-electron chi connectivity index (χ3n) is 1.40. The molecule has 0 aromatic carbocycles. The van der Waals surface area contributed by atoms with E-state index in [1.165, 1.54) is 0 Å². The summed E-state index contributed by atoms with van der Waals surface area (Å²) in [6, 6.07) is 1.78. The van der Waals surface area contributed by atoms with Crippen molar-refractivity contribution in [1.29, 1.82) is 0 Å². The molecule has 1 aromatic rings. The Morgan fingerprint density at radius 1 is 1.33 bits per heavy atom. The number of hydrogen-bond donors (Lipinski definition) is 0. The zero-order valence-corrected chi connectivity index (χ0v) is 9.51. The Kier molecular flexibility index (Phi) is 7.77. The molecule has 15 heavy (non-hydrogen) atoms. The van der Waals surface area contributed by atoms with E-state index in [0.29, 0.717) is 5.82 Å². The van der Waals surface area contributed by atoms with Crippen LogP contribution in [0.4, 0.5) is 0 Å². The van der Waals surface area contributed by atoms with E-state index in [1.54, 1.807) is 24.7 Å². The lowest BCUT2D eigenvalue weighted by Gasteiger charge is -1.96. The molecule has 0 aliphatic carbocycles. The van der Waals surface area contributed by atoms with E-state index in [0.717, 1.165) is 5.57 Å². The van der Waals surface area contributed by atoms with Crippen LogP contribution in [0.2, 0.25) is 0 Å². The highest BCUT2D eigenvalue weighted by Gasteiger charge is 1.97. The van der Waals surface area contributed by atoms with Crippen molar-refractivity contribution in [3.8, 4) is 0 Å². The van der Waals surface area contributed by atoms with Crippen molar-refractivity contribution < 1.29 is 0 Å². The summed E-state index contributed by atoms with van der Waals surface area (Å²) in [6.07, 6.45) is 8.83. The van der Waals surface area contributed by atoms with Crippen LogP contribution in [0.1, 0.15) is 26.6 Å². The summed E-state index contributed by atoms with van der Waals surface area (Å²) < 4.78 is 0. The van der Waals surface area contributed by atoms with Crippen LogP contribution in [-0.2, 0) is 0 Å². The van der Waals surface area contributed by atoms with Gasteiger partial charge in [0.05, 0.1) is 0 Å². The van der Waals surface area contributed by atoms with Gasteiger partial charge >= 0.3 is 0 Å². The summed E-state index contributed by atoms with van der Waals surface area (Å²) in [5, 5.41) is 0.